The Morgan fingerprint density at radius 1 is 1.33 bits per heavy atom. The lowest BCUT2D eigenvalue weighted by Gasteiger charge is -2.01. The van der Waals surface area contributed by atoms with Crippen molar-refractivity contribution >= 4 is 51.2 Å². The molecular formula is C11H8ClNO3S2. The molecule has 4 nitrogen and oxygen atoms in total. The summed E-state index contributed by atoms with van der Waals surface area (Å²) < 4.78 is 0.515. The molecule has 1 amide bonds. The van der Waals surface area contributed by atoms with Crippen LogP contribution in [-0.4, -0.2) is 17.0 Å². The van der Waals surface area contributed by atoms with Crippen molar-refractivity contribution in [2.24, 2.45) is 0 Å². The standard InChI is InChI=1S/C11H8ClNO3S2/c1-5-4-6(11(15)16)10(17-5)13-9(14)7-2-3-8(12)18-7/h2-4H,1H3,(H,13,14)(H,15,16). The Morgan fingerprint density at radius 2 is 2.06 bits per heavy atom. The Hall–Kier alpha value is -1.37. The number of aryl methyl sites for hydroxylation is 1. The van der Waals surface area contributed by atoms with Crippen LogP contribution in [-0.2, 0) is 0 Å². The van der Waals surface area contributed by atoms with Gasteiger partial charge in [0.05, 0.1) is 14.8 Å². The molecule has 0 aliphatic rings. The summed E-state index contributed by atoms with van der Waals surface area (Å²) in [7, 11) is 0. The number of anilines is 1. The highest BCUT2D eigenvalue weighted by Crippen LogP contribution is 2.29. The molecule has 0 bridgehead atoms. The Bertz CT molecular complexity index is 618. The molecule has 2 rings (SSSR count). The maximum Gasteiger partial charge on any atom is 0.338 e. The minimum Gasteiger partial charge on any atom is -0.478 e. The third kappa shape index (κ3) is 2.72. The number of carboxylic acids is 1. The molecule has 0 aliphatic carbocycles. The number of aromatic carboxylic acids is 1. The largest absolute Gasteiger partial charge is 0.478 e. The molecule has 2 heterocycles. The molecule has 0 spiro atoms. The van der Waals surface area contributed by atoms with Gasteiger partial charge in [0, 0.05) is 4.88 Å². The van der Waals surface area contributed by atoms with Gasteiger partial charge >= 0.3 is 5.97 Å². The zero-order valence-corrected chi connectivity index (χ0v) is 11.6. The van der Waals surface area contributed by atoms with Crippen LogP contribution >= 0.6 is 34.3 Å². The fourth-order valence-electron chi connectivity index (χ4n) is 1.37. The molecule has 18 heavy (non-hydrogen) atoms. The third-order valence-electron chi connectivity index (χ3n) is 2.11. The van der Waals surface area contributed by atoms with E-state index in [-0.39, 0.29) is 11.5 Å². The van der Waals surface area contributed by atoms with Gasteiger partial charge in [-0.05, 0) is 25.1 Å². The van der Waals surface area contributed by atoms with Gasteiger partial charge in [0.2, 0.25) is 0 Å². The summed E-state index contributed by atoms with van der Waals surface area (Å²) in [5.74, 6) is -1.41. The summed E-state index contributed by atoms with van der Waals surface area (Å²) in [5.41, 5.74) is 0.105. The molecule has 0 saturated carbocycles. The maximum atomic E-state index is 11.9. The van der Waals surface area contributed by atoms with Crippen LogP contribution in [0, 0.1) is 6.92 Å². The summed E-state index contributed by atoms with van der Waals surface area (Å²) in [5, 5.41) is 11.9. The molecule has 2 N–H and O–H groups in total. The Balaban J connectivity index is 2.24. The van der Waals surface area contributed by atoms with E-state index in [1.807, 2.05) is 0 Å². The van der Waals surface area contributed by atoms with Crippen LogP contribution in [0.5, 0.6) is 0 Å². The molecule has 0 unspecified atom stereocenters. The first-order valence-corrected chi connectivity index (χ1v) is 6.89. The van der Waals surface area contributed by atoms with Crippen molar-refractivity contribution in [1.29, 1.82) is 0 Å². The molecule has 94 valence electrons. The molecule has 2 aromatic heterocycles. The summed E-state index contributed by atoms with van der Waals surface area (Å²) in [4.78, 5) is 24.1. The predicted molar refractivity (Wildman–Crippen MR) is 73.3 cm³/mol. The first kappa shape index (κ1) is 13.1. The first-order chi connectivity index (χ1) is 8.47. The van der Waals surface area contributed by atoms with Crippen molar-refractivity contribution in [3.05, 3.63) is 37.9 Å². The van der Waals surface area contributed by atoms with E-state index in [2.05, 4.69) is 5.32 Å². The first-order valence-electron chi connectivity index (χ1n) is 4.88. The van der Waals surface area contributed by atoms with Crippen molar-refractivity contribution in [1.82, 2.24) is 0 Å². The number of thiophene rings is 2. The van der Waals surface area contributed by atoms with E-state index in [0.29, 0.717) is 14.2 Å². The normalized spacial score (nSPS) is 10.3. The molecule has 0 radical (unpaired) electrons. The predicted octanol–water partition coefficient (Wildman–Crippen LogP) is 3.72. The van der Waals surface area contributed by atoms with E-state index in [0.717, 1.165) is 16.2 Å². The fraction of sp³-hybridized carbons (Fsp3) is 0.0909. The molecule has 7 heteroatoms. The van der Waals surface area contributed by atoms with E-state index in [1.54, 1.807) is 19.1 Å². The zero-order chi connectivity index (χ0) is 13.3. The third-order valence-corrected chi connectivity index (χ3v) is 4.31. The van der Waals surface area contributed by atoms with Gasteiger partial charge in [-0.2, -0.15) is 0 Å². The second-order valence-electron chi connectivity index (χ2n) is 3.46. The van der Waals surface area contributed by atoms with Crippen LogP contribution in [0.2, 0.25) is 4.34 Å². The number of carbonyl (C=O) groups is 2. The van der Waals surface area contributed by atoms with Crippen molar-refractivity contribution in [2.75, 3.05) is 5.32 Å². The molecule has 0 saturated heterocycles. The second-order valence-corrected chi connectivity index (χ2v) is 6.43. The number of halogens is 1. The Labute approximate surface area is 116 Å². The lowest BCUT2D eigenvalue weighted by Crippen LogP contribution is -2.11. The SMILES string of the molecule is Cc1cc(C(=O)O)c(NC(=O)c2ccc(Cl)s2)s1. The number of rotatable bonds is 3. The lowest BCUT2D eigenvalue weighted by atomic mass is 10.3. The van der Waals surface area contributed by atoms with Crippen molar-refractivity contribution in [3.8, 4) is 0 Å². The van der Waals surface area contributed by atoms with Crippen LogP contribution < -0.4 is 5.32 Å². The van der Waals surface area contributed by atoms with Gasteiger partial charge in [0.25, 0.3) is 5.91 Å². The molecule has 2 aromatic rings. The number of hydrogen-bond donors (Lipinski definition) is 2. The summed E-state index contributed by atoms with van der Waals surface area (Å²) in [6.07, 6.45) is 0. The molecule has 0 atom stereocenters. The van der Waals surface area contributed by atoms with E-state index in [9.17, 15) is 9.59 Å². The van der Waals surface area contributed by atoms with Crippen molar-refractivity contribution < 1.29 is 14.7 Å². The summed E-state index contributed by atoms with van der Waals surface area (Å²) in [6, 6.07) is 4.76. The summed E-state index contributed by atoms with van der Waals surface area (Å²) in [6.45, 7) is 1.79. The maximum absolute atomic E-state index is 11.9. The minimum absolute atomic E-state index is 0.105. The number of nitrogens with one attached hydrogen (secondary N) is 1. The van der Waals surface area contributed by atoms with Crippen molar-refractivity contribution in [3.63, 3.8) is 0 Å². The topological polar surface area (TPSA) is 66.4 Å². The average molecular weight is 302 g/mol. The molecule has 0 aliphatic heterocycles. The highest BCUT2D eigenvalue weighted by atomic mass is 35.5. The van der Waals surface area contributed by atoms with Gasteiger partial charge in [0.15, 0.2) is 0 Å². The van der Waals surface area contributed by atoms with Crippen LogP contribution in [0.25, 0.3) is 0 Å². The lowest BCUT2D eigenvalue weighted by molar-refractivity contribution is 0.0698. The Morgan fingerprint density at radius 3 is 2.61 bits per heavy atom. The molecule has 0 fully saturated rings. The van der Waals surface area contributed by atoms with Crippen LogP contribution in [0.1, 0.15) is 24.9 Å². The van der Waals surface area contributed by atoms with Crippen LogP contribution in [0.3, 0.4) is 0 Å². The van der Waals surface area contributed by atoms with Crippen LogP contribution in [0.4, 0.5) is 5.00 Å². The van der Waals surface area contributed by atoms with Crippen LogP contribution in [0.15, 0.2) is 18.2 Å². The van der Waals surface area contributed by atoms with E-state index < -0.39 is 5.97 Å². The van der Waals surface area contributed by atoms with E-state index in [1.165, 1.54) is 17.4 Å². The van der Waals surface area contributed by atoms with Gasteiger partial charge in [-0.1, -0.05) is 11.6 Å². The van der Waals surface area contributed by atoms with Gasteiger partial charge in [-0.25, -0.2) is 4.79 Å². The number of carboxylic acid groups (broad SMARTS) is 1. The van der Waals surface area contributed by atoms with Gasteiger partial charge < -0.3 is 10.4 Å². The van der Waals surface area contributed by atoms with Gasteiger partial charge in [0.1, 0.15) is 5.00 Å². The van der Waals surface area contributed by atoms with Gasteiger partial charge in [-0.3, -0.25) is 4.79 Å². The molecular weight excluding hydrogens is 294 g/mol. The minimum atomic E-state index is -1.06. The quantitative estimate of drug-likeness (QED) is 0.908. The summed E-state index contributed by atoms with van der Waals surface area (Å²) >= 11 is 8.12. The average Bonchev–Trinajstić information content (AvgIpc) is 2.85. The zero-order valence-electron chi connectivity index (χ0n) is 9.19. The van der Waals surface area contributed by atoms with E-state index in [4.69, 9.17) is 16.7 Å². The van der Waals surface area contributed by atoms with Crippen molar-refractivity contribution in [2.45, 2.75) is 6.92 Å². The Kier molecular flexibility index (Phi) is 3.70. The second kappa shape index (κ2) is 5.09. The highest BCUT2D eigenvalue weighted by molar-refractivity contribution is 7.18. The number of amides is 1. The highest BCUT2D eigenvalue weighted by Gasteiger charge is 2.17. The number of hydrogen-bond acceptors (Lipinski definition) is 4. The number of carbonyl (C=O) groups excluding carboxylic acids is 1. The smallest absolute Gasteiger partial charge is 0.338 e. The van der Waals surface area contributed by atoms with E-state index >= 15 is 0 Å². The fourth-order valence-corrected chi connectivity index (χ4v) is 3.20. The monoisotopic (exact) mass is 301 g/mol. The molecule has 0 aromatic carbocycles. The van der Waals surface area contributed by atoms with Gasteiger partial charge in [-0.15, -0.1) is 22.7 Å².